The number of aromatic amines is 1. The van der Waals surface area contributed by atoms with Gasteiger partial charge in [0.1, 0.15) is 5.82 Å². The third kappa shape index (κ3) is 4.40. The van der Waals surface area contributed by atoms with E-state index < -0.39 is 22.6 Å². The molecule has 38 heavy (non-hydrogen) atoms. The van der Waals surface area contributed by atoms with E-state index in [-0.39, 0.29) is 6.54 Å². The van der Waals surface area contributed by atoms with Crippen molar-refractivity contribution >= 4 is 56.3 Å². The van der Waals surface area contributed by atoms with Gasteiger partial charge in [-0.15, -0.1) is 0 Å². The second-order valence-corrected chi connectivity index (χ2v) is 9.70. The quantitative estimate of drug-likeness (QED) is 0.235. The highest BCUT2D eigenvalue weighted by Gasteiger charge is 2.19. The number of aromatic nitrogens is 1. The van der Waals surface area contributed by atoms with E-state index in [2.05, 4.69) is 10.3 Å². The fourth-order valence-electron chi connectivity index (χ4n) is 4.58. The van der Waals surface area contributed by atoms with Gasteiger partial charge in [0.2, 0.25) is 17.2 Å². The van der Waals surface area contributed by atoms with E-state index in [0.717, 1.165) is 26.2 Å². The number of hydrogen-bond acceptors (Lipinski definition) is 5. The number of thiol groups is 1. The first kappa shape index (κ1) is 25.1. The van der Waals surface area contributed by atoms with Crippen molar-refractivity contribution < 1.29 is 22.4 Å². The van der Waals surface area contributed by atoms with Crippen LogP contribution >= 0.6 is 0 Å². The van der Waals surface area contributed by atoms with E-state index in [1.807, 2.05) is 12.4 Å². The Morgan fingerprint density at radius 2 is 1.82 bits per heavy atom. The number of nitrogens with one attached hydrogen (secondary N) is 2. The molecule has 10 heteroatoms. The van der Waals surface area contributed by atoms with Gasteiger partial charge >= 0.3 is 0 Å². The SMILES string of the molecule is CN(c1ccc2c(c1)[nH]c1c([C]=O)ccc(-c3cccc(NC(=O)c4ccc(F)cc4)c3CN)c12)[SH](=O)=O. The Hall–Kier alpha value is -4.54. The monoisotopic (exact) mass is 529 g/mol. The van der Waals surface area contributed by atoms with Crippen LogP contribution in [0.1, 0.15) is 21.5 Å². The number of rotatable bonds is 7. The summed E-state index contributed by atoms with van der Waals surface area (Å²) in [6.45, 7) is 0.103. The number of carbonyl (C=O) groups is 1. The van der Waals surface area contributed by atoms with Crippen LogP contribution in [-0.2, 0) is 22.2 Å². The molecule has 8 nitrogen and oxygen atoms in total. The fraction of sp³-hybridized carbons (Fsp3) is 0.0714. The van der Waals surface area contributed by atoms with Crippen molar-refractivity contribution in [1.82, 2.24) is 4.98 Å². The van der Waals surface area contributed by atoms with Crippen LogP contribution in [0.25, 0.3) is 32.9 Å². The van der Waals surface area contributed by atoms with Gasteiger partial charge in [-0.05, 0) is 65.2 Å². The van der Waals surface area contributed by atoms with E-state index in [1.54, 1.807) is 42.5 Å². The van der Waals surface area contributed by atoms with E-state index in [4.69, 9.17) is 5.73 Å². The maximum atomic E-state index is 13.3. The van der Waals surface area contributed by atoms with Gasteiger partial charge in [-0.2, -0.15) is 0 Å². The number of amides is 1. The largest absolute Gasteiger partial charge is 0.354 e. The second-order valence-electron chi connectivity index (χ2n) is 8.63. The van der Waals surface area contributed by atoms with Gasteiger partial charge in [0.05, 0.1) is 16.8 Å². The minimum Gasteiger partial charge on any atom is -0.354 e. The molecule has 1 radical (unpaired) electrons. The molecule has 1 aromatic heterocycles. The zero-order valence-electron chi connectivity index (χ0n) is 20.1. The van der Waals surface area contributed by atoms with Gasteiger partial charge < -0.3 is 16.0 Å². The van der Waals surface area contributed by atoms with E-state index in [9.17, 15) is 22.4 Å². The lowest BCUT2D eigenvalue weighted by atomic mass is 9.93. The van der Waals surface area contributed by atoms with Crippen LogP contribution in [0.3, 0.4) is 0 Å². The van der Waals surface area contributed by atoms with Gasteiger partial charge in [0.25, 0.3) is 5.91 Å². The molecule has 0 bridgehead atoms. The van der Waals surface area contributed by atoms with Crippen LogP contribution in [0.5, 0.6) is 0 Å². The maximum absolute atomic E-state index is 13.3. The smallest absolute Gasteiger partial charge is 0.255 e. The Morgan fingerprint density at radius 3 is 2.50 bits per heavy atom. The third-order valence-corrected chi connectivity index (χ3v) is 7.21. The number of H-pyrrole nitrogens is 1. The van der Waals surface area contributed by atoms with Crippen LogP contribution in [0.2, 0.25) is 0 Å². The Bertz CT molecular complexity index is 1790. The number of fused-ring (bicyclic) bond motifs is 3. The molecule has 4 aromatic carbocycles. The topological polar surface area (TPSA) is 125 Å². The molecule has 1 amide bonds. The summed E-state index contributed by atoms with van der Waals surface area (Å²) in [6.07, 6.45) is 1.96. The Kier molecular flexibility index (Phi) is 6.66. The summed E-state index contributed by atoms with van der Waals surface area (Å²) in [5.74, 6) is -0.848. The number of anilines is 2. The first-order valence-electron chi connectivity index (χ1n) is 11.6. The molecule has 0 saturated carbocycles. The van der Waals surface area contributed by atoms with Gasteiger partial charge in [-0.1, -0.05) is 24.3 Å². The van der Waals surface area contributed by atoms with E-state index in [0.29, 0.717) is 39.1 Å². The molecule has 0 unspecified atom stereocenters. The average Bonchev–Trinajstić information content (AvgIpc) is 3.31. The summed E-state index contributed by atoms with van der Waals surface area (Å²) in [5, 5.41) is 4.37. The van der Waals surface area contributed by atoms with Crippen LogP contribution in [0, 0.1) is 5.82 Å². The summed E-state index contributed by atoms with van der Waals surface area (Å²) in [4.78, 5) is 27.8. The van der Waals surface area contributed by atoms with Gasteiger partial charge in [0.15, 0.2) is 0 Å². The summed E-state index contributed by atoms with van der Waals surface area (Å²) in [5.41, 5.74) is 11.1. The predicted molar refractivity (Wildman–Crippen MR) is 147 cm³/mol. The number of nitrogens with two attached hydrogens (primary N) is 1. The first-order chi connectivity index (χ1) is 18.3. The number of benzene rings is 4. The third-order valence-electron chi connectivity index (χ3n) is 6.49. The number of nitrogens with zero attached hydrogens (tertiary/aromatic N) is 1. The van der Waals surface area contributed by atoms with Crippen LogP contribution in [0.4, 0.5) is 15.8 Å². The second kappa shape index (κ2) is 10.1. The van der Waals surface area contributed by atoms with Gasteiger partial charge in [-0.25, -0.2) is 12.8 Å². The zero-order chi connectivity index (χ0) is 27.0. The molecule has 0 spiro atoms. The number of halogens is 1. The van der Waals surface area contributed by atoms with Crippen molar-refractivity contribution in [3.8, 4) is 11.1 Å². The lowest BCUT2D eigenvalue weighted by Crippen LogP contribution is -2.15. The van der Waals surface area contributed by atoms with E-state index >= 15 is 0 Å². The fourth-order valence-corrected chi connectivity index (χ4v) is 4.89. The average molecular weight is 530 g/mol. The molecule has 0 aliphatic heterocycles. The van der Waals surface area contributed by atoms with Crippen molar-refractivity contribution in [1.29, 1.82) is 0 Å². The molecule has 4 N–H and O–H groups in total. The van der Waals surface area contributed by atoms with Gasteiger partial charge in [0, 0.05) is 41.1 Å². The highest BCUT2D eigenvalue weighted by molar-refractivity contribution is 7.74. The number of carbonyl (C=O) groups excluding carboxylic acids is 2. The molecule has 0 aliphatic carbocycles. The lowest BCUT2D eigenvalue weighted by Gasteiger charge is -2.16. The van der Waals surface area contributed by atoms with Crippen molar-refractivity contribution in [2.45, 2.75) is 6.54 Å². The van der Waals surface area contributed by atoms with Crippen molar-refractivity contribution in [3.05, 3.63) is 95.3 Å². The molecule has 191 valence electrons. The Balaban J connectivity index is 1.67. The summed E-state index contributed by atoms with van der Waals surface area (Å²) < 4.78 is 37.4. The normalized spacial score (nSPS) is 11.3. The van der Waals surface area contributed by atoms with Crippen LogP contribution in [-0.4, -0.2) is 32.6 Å². The molecule has 5 rings (SSSR count). The van der Waals surface area contributed by atoms with Crippen molar-refractivity contribution in [2.75, 3.05) is 16.7 Å². The summed E-state index contributed by atoms with van der Waals surface area (Å²) in [6, 6.07) is 19.2. The summed E-state index contributed by atoms with van der Waals surface area (Å²) in [7, 11) is -1.37. The van der Waals surface area contributed by atoms with E-state index in [1.165, 1.54) is 31.3 Å². The minimum atomic E-state index is -2.81. The highest BCUT2D eigenvalue weighted by atomic mass is 32.2. The minimum absolute atomic E-state index is 0.103. The first-order valence-corrected chi connectivity index (χ1v) is 12.7. The number of hydrogen-bond donors (Lipinski definition) is 4. The van der Waals surface area contributed by atoms with Crippen molar-refractivity contribution in [3.63, 3.8) is 0 Å². The molecule has 0 fully saturated rings. The van der Waals surface area contributed by atoms with Crippen LogP contribution in [0.15, 0.2) is 72.8 Å². The van der Waals surface area contributed by atoms with Gasteiger partial charge in [-0.3, -0.25) is 13.9 Å². The lowest BCUT2D eigenvalue weighted by molar-refractivity contribution is 0.102. The summed E-state index contributed by atoms with van der Waals surface area (Å²) >= 11 is 0. The maximum Gasteiger partial charge on any atom is 0.255 e. The molecule has 5 aromatic rings. The molecule has 0 aliphatic rings. The molecule has 0 saturated heterocycles. The predicted octanol–water partition coefficient (Wildman–Crippen LogP) is 4.26. The molecular weight excluding hydrogens is 507 g/mol. The van der Waals surface area contributed by atoms with Crippen LogP contribution < -0.4 is 15.4 Å². The standard InChI is InChI=1S/C28H22FN4O4S/c1-33(38(36)37)19-10-12-22-25(13-19)31-27-17(15-34)7-11-21(26(22)27)20-3-2-4-24(23(20)14-30)32-28(35)16-5-8-18(29)9-6-16/h2-13,31,38H,14,30H2,1H3,(H,32,35). The molecular formula is C28H22FN4O4S. The molecule has 1 heterocycles. The highest BCUT2D eigenvalue weighted by Crippen LogP contribution is 2.40. The zero-order valence-corrected chi connectivity index (χ0v) is 21.0. The van der Waals surface area contributed by atoms with Crippen molar-refractivity contribution in [2.24, 2.45) is 5.73 Å². The molecule has 0 atom stereocenters. The Labute approximate surface area is 219 Å². The Morgan fingerprint density at radius 1 is 1.05 bits per heavy atom.